The van der Waals surface area contributed by atoms with Gasteiger partial charge in [-0.2, -0.15) is 10.4 Å². The van der Waals surface area contributed by atoms with Gasteiger partial charge in [0.05, 0.1) is 18.4 Å². The van der Waals surface area contributed by atoms with Crippen molar-refractivity contribution >= 4 is 22.9 Å². The minimum atomic E-state index is -0.715. The van der Waals surface area contributed by atoms with Gasteiger partial charge in [-0.15, -0.1) is 11.3 Å². The average Bonchev–Trinajstić information content (AvgIpc) is 3.18. The SMILES string of the molecule is COc1ccc(-c2c(C#N)c(=O)c(C(C)=O)nn2-c2sc3c(c2C(C)=O)CCCC3)cc1. The van der Waals surface area contributed by atoms with Gasteiger partial charge in [-0.1, -0.05) is 0 Å². The van der Waals surface area contributed by atoms with Gasteiger partial charge in [0.25, 0.3) is 0 Å². The first-order chi connectivity index (χ1) is 15.4. The van der Waals surface area contributed by atoms with Gasteiger partial charge in [0.2, 0.25) is 5.43 Å². The Balaban J connectivity index is 2.12. The van der Waals surface area contributed by atoms with Crippen molar-refractivity contribution in [3.05, 3.63) is 61.8 Å². The van der Waals surface area contributed by atoms with Crippen LogP contribution in [0.25, 0.3) is 16.3 Å². The van der Waals surface area contributed by atoms with Crippen molar-refractivity contribution in [2.24, 2.45) is 0 Å². The highest BCUT2D eigenvalue weighted by atomic mass is 32.1. The highest BCUT2D eigenvalue weighted by molar-refractivity contribution is 7.15. The number of carbonyl (C=O) groups is 2. The molecule has 0 bridgehead atoms. The number of nitriles is 1. The Morgan fingerprint density at radius 2 is 1.81 bits per heavy atom. The van der Waals surface area contributed by atoms with Gasteiger partial charge in [0, 0.05) is 17.4 Å². The molecular formula is C24H21N3O4S. The number of thiophene rings is 1. The molecule has 1 aromatic carbocycles. The standard InChI is InChI=1S/C24H21N3O4S/c1-13(28)20-17-6-4-5-7-19(17)32-24(20)27-22(15-8-10-16(31-3)11-9-15)18(12-25)23(30)21(26-27)14(2)29/h8-11H,4-7H2,1-3H3. The smallest absolute Gasteiger partial charge is 0.229 e. The summed E-state index contributed by atoms with van der Waals surface area (Å²) in [5.41, 5.74) is 1.15. The number of ether oxygens (including phenoxy) is 1. The predicted molar refractivity (Wildman–Crippen MR) is 121 cm³/mol. The van der Waals surface area contributed by atoms with Crippen molar-refractivity contribution in [1.29, 1.82) is 5.26 Å². The number of methoxy groups -OCH3 is 1. The van der Waals surface area contributed by atoms with Crippen molar-refractivity contribution in [2.45, 2.75) is 39.5 Å². The van der Waals surface area contributed by atoms with E-state index in [1.54, 1.807) is 31.4 Å². The number of nitrogens with zero attached hydrogens (tertiary/aromatic N) is 3. The molecule has 7 nitrogen and oxygen atoms in total. The predicted octanol–water partition coefficient (Wildman–Crippen LogP) is 4.13. The van der Waals surface area contributed by atoms with Gasteiger partial charge in [-0.05, 0) is 62.4 Å². The molecule has 8 heteroatoms. The molecule has 0 spiro atoms. The summed E-state index contributed by atoms with van der Waals surface area (Å²) in [5.74, 6) is -0.0267. The molecule has 0 fully saturated rings. The maximum absolute atomic E-state index is 12.9. The molecule has 0 saturated carbocycles. The summed E-state index contributed by atoms with van der Waals surface area (Å²) in [4.78, 5) is 39.0. The van der Waals surface area contributed by atoms with Crippen molar-refractivity contribution in [3.8, 4) is 28.1 Å². The van der Waals surface area contributed by atoms with Crippen molar-refractivity contribution < 1.29 is 14.3 Å². The van der Waals surface area contributed by atoms with Crippen molar-refractivity contribution in [3.63, 3.8) is 0 Å². The van der Waals surface area contributed by atoms with E-state index in [0.717, 1.165) is 36.1 Å². The van der Waals surface area contributed by atoms with Crippen LogP contribution in [0, 0.1) is 11.3 Å². The number of fused-ring (bicyclic) bond motifs is 1. The van der Waals surface area contributed by atoms with E-state index in [9.17, 15) is 19.6 Å². The lowest BCUT2D eigenvalue weighted by Crippen LogP contribution is -2.25. The summed E-state index contributed by atoms with van der Waals surface area (Å²) in [6.45, 7) is 2.75. The number of aromatic nitrogens is 2. The fourth-order valence-corrected chi connectivity index (χ4v) is 5.48. The number of aryl methyl sites for hydroxylation is 1. The minimum absolute atomic E-state index is 0.108. The number of ketones is 2. The highest BCUT2D eigenvalue weighted by Gasteiger charge is 2.29. The van der Waals surface area contributed by atoms with Crippen molar-refractivity contribution in [1.82, 2.24) is 9.78 Å². The summed E-state index contributed by atoms with van der Waals surface area (Å²) in [5, 5.41) is 14.8. The maximum Gasteiger partial charge on any atom is 0.229 e. The largest absolute Gasteiger partial charge is 0.497 e. The number of hydrogen-bond donors (Lipinski definition) is 0. The second-order valence-electron chi connectivity index (χ2n) is 7.66. The van der Waals surface area contributed by atoms with Crippen LogP contribution in [-0.4, -0.2) is 28.5 Å². The van der Waals surface area contributed by atoms with Gasteiger partial charge in [-0.25, -0.2) is 4.68 Å². The van der Waals surface area contributed by atoms with E-state index >= 15 is 0 Å². The Bertz CT molecular complexity index is 1340. The Labute approximate surface area is 188 Å². The second-order valence-corrected chi connectivity index (χ2v) is 8.74. The Morgan fingerprint density at radius 1 is 1.12 bits per heavy atom. The van der Waals surface area contributed by atoms with E-state index in [2.05, 4.69) is 5.10 Å². The van der Waals surface area contributed by atoms with E-state index in [1.807, 2.05) is 6.07 Å². The van der Waals surface area contributed by atoms with E-state index in [4.69, 9.17) is 4.74 Å². The molecule has 0 unspecified atom stereocenters. The summed E-state index contributed by atoms with van der Waals surface area (Å²) in [7, 11) is 1.55. The highest BCUT2D eigenvalue weighted by Crippen LogP contribution is 2.39. The third-order valence-corrected chi connectivity index (χ3v) is 6.86. The molecule has 0 atom stereocenters. The van der Waals surface area contributed by atoms with Gasteiger partial charge in [0.1, 0.15) is 22.4 Å². The summed E-state index contributed by atoms with van der Waals surface area (Å²) in [6.07, 6.45) is 3.69. The molecule has 0 radical (unpaired) electrons. The molecular weight excluding hydrogens is 426 g/mol. The fraction of sp³-hybridized carbons (Fsp3) is 0.292. The normalized spacial score (nSPS) is 12.7. The topological polar surface area (TPSA) is 102 Å². The summed E-state index contributed by atoms with van der Waals surface area (Å²) >= 11 is 1.44. The molecule has 2 aromatic heterocycles. The monoisotopic (exact) mass is 447 g/mol. The zero-order valence-electron chi connectivity index (χ0n) is 18.0. The molecule has 0 amide bonds. The van der Waals surface area contributed by atoms with Crippen LogP contribution in [0.5, 0.6) is 5.75 Å². The third-order valence-electron chi connectivity index (χ3n) is 5.60. The molecule has 1 aliphatic carbocycles. The van der Waals surface area contributed by atoms with Gasteiger partial charge < -0.3 is 4.74 Å². The molecule has 4 rings (SSSR count). The Kier molecular flexibility index (Phi) is 5.76. The van der Waals surface area contributed by atoms with Crippen LogP contribution >= 0.6 is 11.3 Å². The minimum Gasteiger partial charge on any atom is -0.497 e. The fourth-order valence-electron chi connectivity index (χ4n) is 4.09. The van der Waals surface area contributed by atoms with Crippen LogP contribution < -0.4 is 10.2 Å². The first-order valence-corrected chi connectivity index (χ1v) is 11.1. The van der Waals surface area contributed by atoms with Crippen LogP contribution in [0.15, 0.2) is 29.1 Å². The van der Waals surface area contributed by atoms with E-state index in [-0.39, 0.29) is 22.7 Å². The van der Waals surface area contributed by atoms with Crippen LogP contribution in [0.2, 0.25) is 0 Å². The number of hydrogen-bond acceptors (Lipinski definition) is 7. The lowest BCUT2D eigenvalue weighted by molar-refractivity contribution is 0.100. The molecule has 3 aromatic rings. The molecule has 32 heavy (non-hydrogen) atoms. The molecule has 162 valence electrons. The van der Waals surface area contributed by atoms with Gasteiger partial charge in [-0.3, -0.25) is 14.4 Å². The summed E-state index contributed by atoms with van der Waals surface area (Å²) in [6, 6.07) is 8.85. The van der Waals surface area contributed by atoms with Crippen LogP contribution in [0.3, 0.4) is 0 Å². The number of benzene rings is 1. The average molecular weight is 448 g/mol. The molecule has 1 aliphatic rings. The van der Waals surface area contributed by atoms with Gasteiger partial charge in [0.15, 0.2) is 17.3 Å². The quantitative estimate of drug-likeness (QED) is 0.545. The van der Waals surface area contributed by atoms with Crippen LogP contribution in [0.4, 0.5) is 0 Å². The first kappa shape index (κ1) is 21.7. The maximum atomic E-state index is 12.9. The lowest BCUT2D eigenvalue weighted by atomic mass is 9.94. The zero-order valence-corrected chi connectivity index (χ0v) is 18.8. The van der Waals surface area contributed by atoms with Gasteiger partial charge >= 0.3 is 0 Å². The Morgan fingerprint density at radius 3 is 2.41 bits per heavy atom. The van der Waals surface area contributed by atoms with Crippen LogP contribution in [-0.2, 0) is 12.8 Å². The van der Waals surface area contributed by atoms with E-state index in [1.165, 1.54) is 29.9 Å². The third kappa shape index (κ3) is 3.55. The lowest BCUT2D eigenvalue weighted by Gasteiger charge is -2.16. The van der Waals surface area contributed by atoms with E-state index in [0.29, 0.717) is 21.9 Å². The molecule has 0 aliphatic heterocycles. The Hall–Kier alpha value is -3.57. The van der Waals surface area contributed by atoms with Crippen molar-refractivity contribution in [2.75, 3.05) is 7.11 Å². The number of carbonyl (C=O) groups excluding carboxylic acids is 2. The second kappa shape index (κ2) is 8.52. The molecule has 0 N–H and O–H groups in total. The number of rotatable bonds is 5. The molecule has 0 saturated heterocycles. The first-order valence-electron chi connectivity index (χ1n) is 10.3. The zero-order chi connectivity index (χ0) is 23.0. The van der Waals surface area contributed by atoms with Crippen LogP contribution in [0.1, 0.15) is 63.5 Å². The summed E-state index contributed by atoms with van der Waals surface area (Å²) < 4.78 is 6.66. The molecule has 2 heterocycles. The van der Waals surface area contributed by atoms with E-state index < -0.39 is 11.2 Å². The number of Topliss-reactive ketones (excluding diaryl/α,β-unsaturated/α-hetero) is 2.